The van der Waals surface area contributed by atoms with E-state index in [1.807, 2.05) is 41.8 Å². The molecule has 0 saturated carbocycles. The first-order chi connectivity index (χ1) is 12.3. The highest BCUT2D eigenvalue weighted by atomic mass is 16.2. The minimum absolute atomic E-state index is 0.0191. The zero-order valence-corrected chi connectivity index (χ0v) is 15.7. The molecule has 0 bridgehead atoms. The van der Waals surface area contributed by atoms with Crippen molar-refractivity contribution >= 4 is 11.7 Å². The van der Waals surface area contributed by atoms with E-state index in [0.717, 1.165) is 15.7 Å². The number of benzene rings is 1. The van der Waals surface area contributed by atoms with Crippen LogP contribution in [0.15, 0.2) is 33.9 Å². The summed E-state index contributed by atoms with van der Waals surface area (Å²) in [6.45, 7) is 6.29. The lowest BCUT2D eigenvalue weighted by atomic mass is 10.1. The average Bonchev–Trinajstić information content (AvgIpc) is 2.65. The lowest BCUT2D eigenvalue weighted by molar-refractivity contribution is 0.0746. The molecule has 3 rings (SSSR count). The Kier molecular flexibility index (Phi) is 4.71. The summed E-state index contributed by atoms with van der Waals surface area (Å²) in [4.78, 5) is 40.6. The van der Waals surface area contributed by atoms with Gasteiger partial charge in [0.15, 0.2) is 0 Å². The molecular formula is C19H24N4O3. The number of carbonyl (C=O) groups is 1. The van der Waals surface area contributed by atoms with E-state index in [0.29, 0.717) is 37.6 Å². The highest BCUT2D eigenvalue weighted by Gasteiger charge is 2.24. The molecule has 0 atom stereocenters. The Morgan fingerprint density at radius 3 is 2.15 bits per heavy atom. The number of anilines is 1. The van der Waals surface area contributed by atoms with Crippen LogP contribution in [0.1, 0.15) is 21.5 Å². The maximum atomic E-state index is 12.7. The van der Waals surface area contributed by atoms with Crippen LogP contribution in [0.25, 0.3) is 0 Å². The molecule has 1 saturated heterocycles. The summed E-state index contributed by atoms with van der Waals surface area (Å²) in [5.74, 6) is 0.613. The van der Waals surface area contributed by atoms with Crippen molar-refractivity contribution < 1.29 is 4.79 Å². The molecule has 0 aliphatic carbocycles. The maximum absolute atomic E-state index is 12.7. The van der Waals surface area contributed by atoms with E-state index < -0.39 is 0 Å². The molecule has 0 radical (unpaired) electrons. The normalized spacial score (nSPS) is 14.6. The van der Waals surface area contributed by atoms with E-state index >= 15 is 0 Å². The molecule has 7 heteroatoms. The van der Waals surface area contributed by atoms with E-state index in [2.05, 4.69) is 0 Å². The maximum Gasteiger partial charge on any atom is 0.332 e. The molecule has 1 aliphatic rings. The minimum Gasteiger partial charge on any atom is -0.354 e. The lowest BCUT2D eigenvalue weighted by Gasteiger charge is -2.36. The standard InChI is InChI=1S/C19H24N4O3/c1-13-5-6-15(11-14(13)2)18(25)23-9-7-22(8-10-23)16-12-17(24)21(4)19(26)20(16)3/h5-6,11-12H,7-10H2,1-4H3. The van der Waals surface area contributed by atoms with Crippen molar-refractivity contribution in [1.82, 2.24) is 14.0 Å². The van der Waals surface area contributed by atoms with Gasteiger partial charge in [-0.25, -0.2) is 4.79 Å². The molecule has 138 valence electrons. The van der Waals surface area contributed by atoms with Crippen LogP contribution in [0.4, 0.5) is 5.82 Å². The SMILES string of the molecule is Cc1ccc(C(=O)N2CCN(c3cc(=O)n(C)c(=O)n3C)CC2)cc1C. The van der Waals surface area contributed by atoms with E-state index in [1.54, 1.807) is 7.05 Å². The van der Waals surface area contributed by atoms with Crippen molar-refractivity contribution in [3.05, 3.63) is 61.8 Å². The Balaban J connectivity index is 1.75. The van der Waals surface area contributed by atoms with Gasteiger partial charge in [0.2, 0.25) is 0 Å². The molecule has 1 aliphatic heterocycles. The average molecular weight is 356 g/mol. The molecule has 1 amide bonds. The molecule has 1 aromatic carbocycles. The second-order valence-corrected chi connectivity index (χ2v) is 6.82. The molecule has 0 spiro atoms. The quantitative estimate of drug-likeness (QED) is 0.793. The molecule has 2 aromatic rings. The summed E-state index contributed by atoms with van der Waals surface area (Å²) in [6.07, 6.45) is 0. The van der Waals surface area contributed by atoms with Gasteiger partial charge < -0.3 is 9.80 Å². The van der Waals surface area contributed by atoms with Gasteiger partial charge in [0, 0.05) is 51.9 Å². The summed E-state index contributed by atoms with van der Waals surface area (Å²) in [5.41, 5.74) is 2.29. The van der Waals surface area contributed by atoms with E-state index in [-0.39, 0.29) is 17.2 Å². The van der Waals surface area contributed by atoms with Crippen LogP contribution in [0.2, 0.25) is 0 Å². The molecule has 1 fully saturated rings. The number of aryl methyl sites for hydroxylation is 2. The van der Waals surface area contributed by atoms with Crippen molar-refractivity contribution in [2.45, 2.75) is 13.8 Å². The van der Waals surface area contributed by atoms with Crippen LogP contribution in [-0.4, -0.2) is 46.1 Å². The molecule has 26 heavy (non-hydrogen) atoms. The molecular weight excluding hydrogens is 332 g/mol. The van der Waals surface area contributed by atoms with Crippen molar-refractivity contribution in [2.24, 2.45) is 14.1 Å². The summed E-state index contributed by atoms with van der Waals surface area (Å²) < 4.78 is 2.56. The zero-order valence-electron chi connectivity index (χ0n) is 15.7. The Morgan fingerprint density at radius 1 is 0.885 bits per heavy atom. The number of carbonyl (C=O) groups excluding carboxylic acids is 1. The Bertz CT molecular complexity index is 966. The van der Waals surface area contributed by atoms with Gasteiger partial charge in [-0.3, -0.25) is 18.7 Å². The van der Waals surface area contributed by atoms with Crippen LogP contribution in [0.3, 0.4) is 0 Å². The fourth-order valence-electron chi connectivity index (χ4n) is 3.22. The Hall–Kier alpha value is -2.83. The van der Waals surface area contributed by atoms with E-state index in [9.17, 15) is 14.4 Å². The smallest absolute Gasteiger partial charge is 0.332 e. The fourth-order valence-corrected chi connectivity index (χ4v) is 3.22. The number of amides is 1. The van der Waals surface area contributed by atoms with Crippen LogP contribution in [-0.2, 0) is 14.1 Å². The molecule has 0 N–H and O–H groups in total. The van der Waals surface area contributed by atoms with Crippen LogP contribution >= 0.6 is 0 Å². The number of piperazine rings is 1. The van der Waals surface area contributed by atoms with Crippen LogP contribution in [0.5, 0.6) is 0 Å². The topological polar surface area (TPSA) is 67.6 Å². The predicted octanol–water partition coefficient (Wildman–Crippen LogP) is 0.663. The Labute approximate surface area is 152 Å². The van der Waals surface area contributed by atoms with E-state index in [1.165, 1.54) is 17.7 Å². The summed E-state index contributed by atoms with van der Waals surface area (Å²) in [5, 5.41) is 0. The zero-order chi connectivity index (χ0) is 19.0. The summed E-state index contributed by atoms with van der Waals surface area (Å²) >= 11 is 0. The van der Waals surface area contributed by atoms with Gasteiger partial charge in [0.05, 0.1) is 0 Å². The van der Waals surface area contributed by atoms with Gasteiger partial charge in [0.1, 0.15) is 5.82 Å². The predicted molar refractivity (Wildman–Crippen MR) is 101 cm³/mol. The Morgan fingerprint density at radius 2 is 1.54 bits per heavy atom. The summed E-state index contributed by atoms with van der Waals surface area (Å²) in [7, 11) is 3.12. The largest absolute Gasteiger partial charge is 0.354 e. The van der Waals surface area contributed by atoms with Gasteiger partial charge in [-0.2, -0.15) is 0 Å². The molecule has 7 nitrogen and oxygen atoms in total. The first kappa shape index (κ1) is 18.0. The van der Waals surface area contributed by atoms with Crippen molar-refractivity contribution in [3.63, 3.8) is 0 Å². The first-order valence-electron chi connectivity index (χ1n) is 8.68. The third kappa shape index (κ3) is 3.16. The van der Waals surface area contributed by atoms with Crippen molar-refractivity contribution in [1.29, 1.82) is 0 Å². The molecule has 1 aromatic heterocycles. The highest BCUT2D eigenvalue weighted by Crippen LogP contribution is 2.16. The van der Waals surface area contributed by atoms with Crippen LogP contribution in [0, 0.1) is 13.8 Å². The number of hydrogen-bond donors (Lipinski definition) is 0. The second-order valence-electron chi connectivity index (χ2n) is 6.82. The second kappa shape index (κ2) is 6.82. The van der Waals surface area contributed by atoms with Gasteiger partial charge >= 0.3 is 5.69 Å². The fraction of sp³-hybridized carbons (Fsp3) is 0.421. The van der Waals surface area contributed by atoms with Gasteiger partial charge in [-0.1, -0.05) is 6.07 Å². The summed E-state index contributed by atoms with van der Waals surface area (Å²) in [6, 6.07) is 7.23. The van der Waals surface area contributed by atoms with Gasteiger partial charge in [-0.05, 0) is 37.1 Å². The van der Waals surface area contributed by atoms with Gasteiger partial charge in [-0.15, -0.1) is 0 Å². The van der Waals surface area contributed by atoms with Gasteiger partial charge in [0.25, 0.3) is 11.5 Å². The third-order valence-corrected chi connectivity index (χ3v) is 5.15. The highest BCUT2D eigenvalue weighted by molar-refractivity contribution is 5.94. The monoisotopic (exact) mass is 356 g/mol. The first-order valence-corrected chi connectivity index (χ1v) is 8.68. The van der Waals surface area contributed by atoms with Crippen molar-refractivity contribution in [2.75, 3.05) is 31.1 Å². The number of aromatic nitrogens is 2. The van der Waals surface area contributed by atoms with E-state index in [4.69, 9.17) is 0 Å². The number of hydrogen-bond acceptors (Lipinski definition) is 4. The van der Waals surface area contributed by atoms with Crippen LogP contribution < -0.4 is 16.1 Å². The van der Waals surface area contributed by atoms with Crippen molar-refractivity contribution in [3.8, 4) is 0 Å². The lowest BCUT2D eigenvalue weighted by Crippen LogP contribution is -2.51. The number of nitrogens with zero attached hydrogens (tertiary/aromatic N) is 4. The molecule has 0 unspecified atom stereocenters. The third-order valence-electron chi connectivity index (χ3n) is 5.15. The number of rotatable bonds is 2. The molecule has 2 heterocycles. The minimum atomic E-state index is -0.346.